The maximum absolute atomic E-state index is 13.3. The molecule has 0 heterocycles. The summed E-state index contributed by atoms with van der Waals surface area (Å²) in [7, 11) is 1.38. The minimum absolute atomic E-state index is 0.0408. The van der Waals surface area contributed by atoms with Crippen molar-refractivity contribution in [1.82, 2.24) is 4.90 Å². The molecular weight excluding hydrogens is 482 g/mol. The van der Waals surface area contributed by atoms with E-state index in [1.165, 1.54) is 43.4 Å². The molecule has 7 nitrogen and oxygen atoms in total. The van der Waals surface area contributed by atoms with Crippen molar-refractivity contribution < 1.29 is 36.7 Å². The molecule has 0 unspecified atom stereocenters. The van der Waals surface area contributed by atoms with E-state index in [4.69, 9.17) is 4.74 Å². The first-order valence-corrected chi connectivity index (χ1v) is 10.5. The lowest BCUT2D eigenvalue weighted by molar-refractivity contribution is -0.137. The first-order valence-electron chi connectivity index (χ1n) is 10.5. The number of rotatable bonds is 8. The number of benzene rings is 3. The Morgan fingerprint density at radius 2 is 1.50 bits per heavy atom. The van der Waals surface area contributed by atoms with Gasteiger partial charge < -0.3 is 20.3 Å². The van der Waals surface area contributed by atoms with Crippen molar-refractivity contribution in [3.05, 3.63) is 89.7 Å². The number of para-hydroxylation sites is 1. The van der Waals surface area contributed by atoms with E-state index in [2.05, 4.69) is 10.6 Å². The lowest BCUT2D eigenvalue weighted by Crippen LogP contribution is -2.35. The van der Waals surface area contributed by atoms with E-state index >= 15 is 0 Å². The van der Waals surface area contributed by atoms with E-state index in [9.17, 15) is 31.9 Å². The summed E-state index contributed by atoms with van der Waals surface area (Å²) < 4.78 is 57.3. The van der Waals surface area contributed by atoms with Crippen molar-refractivity contribution in [2.45, 2.75) is 6.18 Å². The van der Waals surface area contributed by atoms with Gasteiger partial charge in [-0.15, -0.1) is 0 Å². The van der Waals surface area contributed by atoms with Crippen LogP contribution in [0.25, 0.3) is 0 Å². The molecule has 0 spiro atoms. The number of carbonyl (C=O) groups excluding carboxylic acids is 3. The van der Waals surface area contributed by atoms with Crippen LogP contribution in [0.5, 0.6) is 5.75 Å². The fraction of sp³-hybridized carbons (Fsp3) is 0.160. The van der Waals surface area contributed by atoms with E-state index in [0.29, 0.717) is 0 Å². The average molecular weight is 503 g/mol. The highest BCUT2D eigenvalue weighted by atomic mass is 19.4. The summed E-state index contributed by atoms with van der Waals surface area (Å²) in [6.07, 6.45) is -4.56. The monoisotopic (exact) mass is 503 g/mol. The third kappa shape index (κ3) is 7.29. The van der Waals surface area contributed by atoms with E-state index in [-0.39, 0.29) is 29.2 Å². The van der Waals surface area contributed by atoms with Gasteiger partial charge in [-0.3, -0.25) is 14.4 Å². The predicted molar refractivity (Wildman–Crippen MR) is 124 cm³/mol. The quantitative estimate of drug-likeness (QED) is 0.441. The Labute approximate surface area is 203 Å². The van der Waals surface area contributed by atoms with Crippen LogP contribution >= 0.6 is 0 Å². The van der Waals surface area contributed by atoms with Crippen molar-refractivity contribution in [3.8, 4) is 5.75 Å². The first kappa shape index (κ1) is 26.2. The number of carbonyl (C=O) groups is 3. The molecule has 36 heavy (non-hydrogen) atoms. The second-order valence-electron chi connectivity index (χ2n) is 7.63. The summed E-state index contributed by atoms with van der Waals surface area (Å²) in [5, 5.41) is 4.79. The van der Waals surface area contributed by atoms with Crippen molar-refractivity contribution >= 4 is 29.1 Å². The standard InChI is InChI=1S/C25H21F4N3O4/c1-32(14-22(33)30-19-9-5-7-17(26)13-19)24(35)20-10-2-3-11-21(20)36-15-23(34)31-18-8-4-6-16(12-18)25(27,28)29/h2-13H,14-15H2,1H3,(H,30,33)(H,31,34). The fourth-order valence-corrected chi connectivity index (χ4v) is 3.14. The van der Waals surface area contributed by atoms with Gasteiger partial charge >= 0.3 is 6.18 Å². The summed E-state index contributed by atoms with van der Waals surface area (Å²) in [5.41, 5.74) is -0.685. The summed E-state index contributed by atoms with van der Waals surface area (Å²) in [4.78, 5) is 38.4. The van der Waals surface area contributed by atoms with Crippen molar-refractivity contribution in [3.63, 3.8) is 0 Å². The number of amides is 3. The van der Waals surface area contributed by atoms with Gasteiger partial charge in [0.1, 0.15) is 11.6 Å². The molecule has 0 atom stereocenters. The number of nitrogens with zero attached hydrogens (tertiary/aromatic N) is 1. The lowest BCUT2D eigenvalue weighted by Gasteiger charge is -2.19. The van der Waals surface area contributed by atoms with Crippen LogP contribution in [0.4, 0.5) is 28.9 Å². The molecule has 0 aliphatic carbocycles. The Kier molecular flexibility index (Phi) is 8.26. The number of hydrogen-bond donors (Lipinski definition) is 2. The van der Waals surface area contributed by atoms with Gasteiger partial charge in [0.25, 0.3) is 11.8 Å². The molecule has 11 heteroatoms. The number of alkyl halides is 3. The van der Waals surface area contributed by atoms with Crippen molar-refractivity contribution in [1.29, 1.82) is 0 Å². The smallest absolute Gasteiger partial charge is 0.416 e. The van der Waals surface area contributed by atoms with Crippen LogP contribution in [0.3, 0.4) is 0 Å². The highest BCUT2D eigenvalue weighted by Gasteiger charge is 2.30. The molecule has 3 aromatic carbocycles. The number of likely N-dealkylation sites (N-methyl/N-ethyl adjacent to an activating group) is 1. The van der Waals surface area contributed by atoms with Crippen LogP contribution < -0.4 is 15.4 Å². The maximum atomic E-state index is 13.3. The van der Waals surface area contributed by atoms with Gasteiger partial charge in [-0.05, 0) is 48.5 Å². The largest absolute Gasteiger partial charge is 0.483 e. The molecule has 3 rings (SSSR count). The van der Waals surface area contributed by atoms with Gasteiger partial charge in [-0.25, -0.2) is 4.39 Å². The second-order valence-corrected chi connectivity index (χ2v) is 7.63. The molecule has 0 radical (unpaired) electrons. The van der Waals surface area contributed by atoms with Crippen LogP contribution in [0.1, 0.15) is 15.9 Å². The molecular formula is C25H21F4N3O4. The first-order chi connectivity index (χ1) is 17.0. The van der Waals surface area contributed by atoms with Crippen molar-refractivity contribution in [2.75, 3.05) is 30.8 Å². The number of ether oxygens (including phenoxy) is 1. The normalized spacial score (nSPS) is 10.9. The van der Waals surface area contributed by atoms with E-state index in [1.54, 1.807) is 12.1 Å². The summed E-state index contributed by atoms with van der Waals surface area (Å²) >= 11 is 0. The Morgan fingerprint density at radius 3 is 2.19 bits per heavy atom. The zero-order valence-corrected chi connectivity index (χ0v) is 18.9. The van der Waals surface area contributed by atoms with E-state index in [0.717, 1.165) is 29.2 Å². The number of nitrogens with one attached hydrogen (secondary N) is 2. The molecule has 0 aliphatic heterocycles. The molecule has 3 aromatic rings. The molecule has 188 valence electrons. The van der Waals surface area contributed by atoms with Crippen molar-refractivity contribution in [2.24, 2.45) is 0 Å². The molecule has 0 saturated carbocycles. The molecule has 0 bridgehead atoms. The second kappa shape index (κ2) is 11.3. The minimum Gasteiger partial charge on any atom is -0.483 e. The van der Waals surface area contributed by atoms with Crippen LogP contribution in [0.2, 0.25) is 0 Å². The Hall–Kier alpha value is -4.41. The Morgan fingerprint density at radius 1 is 0.861 bits per heavy atom. The summed E-state index contributed by atoms with van der Waals surface area (Å²) in [6.45, 7) is -0.927. The molecule has 3 amide bonds. The Bertz CT molecular complexity index is 1260. The van der Waals surface area contributed by atoms with Crippen LogP contribution in [-0.2, 0) is 15.8 Å². The summed E-state index contributed by atoms with van der Waals surface area (Å²) in [6, 6.07) is 15.4. The lowest BCUT2D eigenvalue weighted by atomic mass is 10.1. The number of hydrogen-bond acceptors (Lipinski definition) is 4. The number of halogens is 4. The minimum atomic E-state index is -4.56. The Balaban J connectivity index is 1.60. The molecule has 0 aliphatic rings. The molecule has 2 N–H and O–H groups in total. The highest BCUT2D eigenvalue weighted by molar-refractivity contribution is 6.01. The van der Waals surface area contributed by atoms with Crippen LogP contribution in [-0.4, -0.2) is 42.8 Å². The molecule has 0 saturated heterocycles. The highest BCUT2D eigenvalue weighted by Crippen LogP contribution is 2.30. The molecule has 0 aromatic heterocycles. The third-order valence-electron chi connectivity index (χ3n) is 4.79. The van der Waals surface area contributed by atoms with Gasteiger partial charge in [-0.2, -0.15) is 13.2 Å². The fourth-order valence-electron chi connectivity index (χ4n) is 3.14. The third-order valence-corrected chi connectivity index (χ3v) is 4.79. The average Bonchev–Trinajstić information content (AvgIpc) is 2.82. The topological polar surface area (TPSA) is 87.7 Å². The molecule has 0 fully saturated rings. The van der Waals surface area contributed by atoms with Gasteiger partial charge in [0.05, 0.1) is 17.7 Å². The van der Waals surface area contributed by atoms with E-state index in [1.807, 2.05) is 0 Å². The van der Waals surface area contributed by atoms with Gasteiger partial charge in [-0.1, -0.05) is 24.3 Å². The predicted octanol–water partition coefficient (Wildman–Crippen LogP) is 4.57. The van der Waals surface area contributed by atoms with Crippen LogP contribution in [0.15, 0.2) is 72.8 Å². The van der Waals surface area contributed by atoms with Gasteiger partial charge in [0, 0.05) is 18.4 Å². The summed E-state index contributed by atoms with van der Waals surface area (Å²) in [5.74, 6) is -2.37. The zero-order valence-electron chi connectivity index (χ0n) is 18.9. The maximum Gasteiger partial charge on any atom is 0.416 e. The van der Waals surface area contributed by atoms with Gasteiger partial charge in [0.2, 0.25) is 5.91 Å². The SMILES string of the molecule is CN(CC(=O)Nc1cccc(F)c1)C(=O)c1ccccc1OCC(=O)Nc1cccc(C(F)(F)F)c1. The van der Waals surface area contributed by atoms with Gasteiger partial charge in [0.15, 0.2) is 6.61 Å². The van der Waals surface area contributed by atoms with E-state index < -0.39 is 41.9 Å². The number of anilines is 2. The zero-order chi connectivity index (χ0) is 26.3. The van der Waals surface area contributed by atoms with Crippen LogP contribution in [0, 0.1) is 5.82 Å².